The molecular weight excluding hydrogens is 290 g/mol. The first-order chi connectivity index (χ1) is 10.0. The zero-order valence-electron chi connectivity index (χ0n) is 11.4. The number of aliphatic hydroxyl groups is 1. The van der Waals surface area contributed by atoms with Crippen LogP contribution in [0.4, 0.5) is 0 Å². The number of allylic oxidation sites excluding steroid dienone is 1. The molecule has 0 bridgehead atoms. The first-order valence-electron chi connectivity index (χ1n) is 6.66. The second-order valence-corrected chi connectivity index (χ2v) is 6.54. The van der Waals surface area contributed by atoms with Gasteiger partial charge in [0.15, 0.2) is 0 Å². The Kier molecular flexibility index (Phi) is 3.51. The van der Waals surface area contributed by atoms with Crippen LogP contribution in [0, 0.1) is 5.92 Å². The number of hydrogen-bond donors (Lipinski definition) is 2. The second kappa shape index (κ2) is 5.20. The molecule has 2 aliphatic heterocycles. The van der Waals surface area contributed by atoms with Crippen LogP contribution in [0.1, 0.15) is 12.5 Å². The molecule has 2 unspecified atom stereocenters. The van der Waals surface area contributed by atoms with Crippen LogP contribution < -0.4 is 0 Å². The number of aliphatic hydroxyl groups excluding tert-OH is 1. The molecule has 6 heteroatoms. The molecule has 5 nitrogen and oxygen atoms in total. The third-order valence-corrected chi connectivity index (χ3v) is 5.15. The van der Waals surface area contributed by atoms with E-state index in [1.165, 1.54) is 16.7 Å². The van der Waals surface area contributed by atoms with Crippen molar-refractivity contribution in [2.75, 3.05) is 0 Å². The van der Waals surface area contributed by atoms with Gasteiger partial charge in [0.25, 0.3) is 0 Å². The van der Waals surface area contributed by atoms with E-state index in [1.807, 2.05) is 30.3 Å². The van der Waals surface area contributed by atoms with E-state index in [4.69, 9.17) is 5.11 Å². The summed E-state index contributed by atoms with van der Waals surface area (Å²) in [4.78, 5) is 25.3. The van der Waals surface area contributed by atoms with Gasteiger partial charge in [-0.1, -0.05) is 30.3 Å². The van der Waals surface area contributed by atoms with Crippen molar-refractivity contribution in [1.29, 1.82) is 0 Å². The number of rotatable bonds is 4. The summed E-state index contributed by atoms with van der Waals surface area (Å²) in [6.07, 6.45) is -0.404. The highest BCUT2D eigenvalue weighted by Gasteiger charge is 2.57. The number of nitrogens with zero attached hydrogens (tertiary/aromatic N) is 1. The highest BCUT2D eigenvalue weighted by molar-refractivity contribution is 8.04. The number of β-lactam (4-membered cyclic amide) rings is 1. The predicted octanol–water partition coefficient (Wildman–Crippen LogP) is 1.44. The Morgan fingerprint density at radius 1 is 1.38 bits per heavy atom. The number of carboxylic acid groups (broad SMARTS) is 1. The number of hydrogen-bond acceptors (Lipinski definition) is 4. The Hall–Kier alpha value is -1.79. The lowest BCUT2D eigenvalue weighted by Gasteiger charge is -2.44. The Bertz CT molecular complexity index is 628. The molecule has 21 heavy (non-hydrogen) atoms. The minimum absolute atomic E-state index is 0.0539. The molecule has 1 aromatic rings. The molecule has 1 saturated heterocycles. The maximum absolute atomic E-state index is 12.2. The largest absolute Gasteiger partial charge is 0.477 e. The van der Waals surface area contributed by atoms with Gasteiger partial charge in [-0.3, -0.25) is 9.69 Å². The fourth-order valence-electron chi connectivity index (χ4n) is 2.85. The SMILES string of the molecule is CC1=C(C(=O)O)N2C(=O)C(C(O)Cc3ccccc3)[C@H]2S1. The molecule has 1 amide bonds. The van der Waals surface area contributed by atoms with Gasteiger partial charge in [-0.25, -0.2) is 4.79 Å². The van der Waals surface area contributed by atoms with Crippen molar-refractivity contribution in [2.24, 2.45) is 5.92 Å². The summed E-state index contributed by atoms with van der Waals surface area (Å²) in [6.45, 7) is 1.69. The lowest BCUT2D eigenvalue weighted by Crippen LogP contribution is -2.61. The lowest BCUT2D eigenvalue weighted by molar-refractivity contribution is -0.157. The number of thioether (sulfide) groups is 1. The highest BCUT2D eigenvalue weighted by Crippen LogP contribution is 2.50. The Balaban J connectivity index is 1.73. The Labute approximate surface area is 126 Å². The third-order valence-electron chi connectivity index (χ3n) is 3.86. The Morgan fingerprint density at radius 2 is 2.05 bits per heavy atom. The third kappa shape index (κ3) is 2.24. The maximum atomic E-state index is 12.2. The number of carbonyl (C=O) groups excluding carboxylic acids is 1. The van der Waals surface area contributed by atoms with Crippen molar-refractivity contribution < 1.29 is 19.8 Å². The minimum atomic E-state index is -1.09. The summed E-state index contributed by atoms with van der Waals surface area (Å²) in [6, 6.07) is 9.46. The van der Waals surface area contributed by atoms with Gasteiger partial charge in [-0.15, -0.1) is 11.8 Å². The number of amides is 1. The molecule has 0 aliphatic carbocycles. The van der Waals surface area contributed by atoms with Crippen LogP contribution in [0.25, 0.3) is 0 Å². The summed E-state index contributed by atoms with van der Waals surface area (Å²) >= 11 is 1.35. The first-order valence-corrected chi connectivity index (χ1v) is 7.54. The van der Waals surface area contributed by atoms with E-state index in [9.17, 15) is 14.7 Å². The molecule has 3 atom stereocenters. The maximum Gasteiger partial charge on any atom is 0.353 e. The van der Waals surface area contributed by atoms with Crippen LogP contribution in [0.5, 0.6) is 0 Å². The monoisotopic (exact) mass is 305 g/mol. The average Bonchev–Trinajstić information content (AvgIpc) is 2.73. The summed E-state index contributed by atoms with van der Waals surface area (Å²) in [5.74, 6) is -1.93. The summed E-state index contributed by atoms with van der Waals surface area (Å²) in [5.41, 5.74) is 1.01. The van der Waals surface area contributed by atoms with Crippen LogP contribution in [-0.4, -0.2) is 38.5 Å². The van der Waals surface area contributed by atoms with E-state index in [0.29, 0.717) is 11.3 Å². The van der Waals surface area contributed by atoms with Gasteiger partial charge in [0.2, 0.25) is 5.91 Å². The van der Waals surface area contributed by atoms with Crippen LogP contribution in [0.3, 0.4) is 0 Å². The van der Waals surface area contributed by atoms with Crippen molar-refractivity contribution in [3.63, 3.8) is 0 Å². The van der Waals surface area contributed by atoms with Gasteiger partial charge < -0.3 is 10.2 Å². The molecule has 2 aliphatic rings. The van der Waals surface area contributed by atoms with Crippen molar-refractivity contribution in [3.05, 3.63) is 46.5 Å². The topological polar surface area (TPSA) is 77.8 Å². The molecule has 110 valence electrons. The van der Waals surface area contributed by atoms with Crippen molar-refractivity contribution >= 4 is 23.6 Å². The lowest BCUT2D eigenvalue weighted by atomic mass is 9.87. The predicted molar refractivity (Wildman–Crippen MR) is 78.2 cm³/mol. The zero-order valence-corrected chi connectivity index (χ0v) is 12.2. The number of fused-ring (bicyclic) bond motifs is 1. The normalized spacial score (nSPS) is 25.6. The molecule has 0 spiro atoms. The van der Waals surface area contributed by atoms with Gasteiger partial charge in [0.05, 0.1) is 12.0 Å². The first kappa shape index (κ1) is 14.2. The van der Waals surface area contributed by atoms with Crippen molar-refractivity contribution in [1.82, 2.24) is 4.90 Å². The van der Waals surface area contributed by atoms with Gasteiger partial charge in [-0.2, -0.15) is 0 Å². The number of benzene rings is 1. The number of carboxylic acids is 1. The second-order valence-electron chi connectivity index (χ2n) is 5.21. The minimum Gasteiger partial charge on any atom is -0.477 e. The van der Waals surface area contributed by atoms with E-state index in [1.54, 1.807) is 6.92 Å². The van der Waals surface area contributed by atoms with E-state index >= 15 is 0 Å². The van der Waals surface area contributed by atoms with Gasteiger partial charge >= 0.3 is 5.97 Å². The fourth-order valence-corrected chi connectivity index (χ4v) is 4.27. The quantitative estimate of drug-likeness (QED) is 0.823. The van der Waals surface area contributed by atoms with Crippen molar-refractivity contribution in [2.45, 2.75) is 24.8 Å². The summed E-state index contributed by atoms with van der Waals surface area (Å²) < 4.78 is 0. The average molecular weight is 305 g/mol. The van der Waals surface area contributed by atoms with Crippen LogP contribution >= 0.6 is 11.8 Å². The van der Waals surface area contributed by atoms with Gasteiger partial charge in [0.1, 0.15) is 11.1 Å². The molecule has 1 fully saturated rings. The van der Waals surface area contributed by atoms with Crippen LogP contribution in [0.2, 0.25) is 0 Å². The van der Waals surface area contributed by atoms with Crippen LogP contribution in [-0.2, 0) is 16.0 Å². The molecule has 1 aromatic carbocycles. The fraction of sp³-hybridized carbons (Fsp3) is 0.333. The molecule has 0 aromatic heterocycles. The number of carbonyl (C=O) groups is 2. The zero-order chi connectivity index (χ0) is 15.1. The molecule has 2 heterocycles. The highest BCUT2D eigenvalue weighted by atomic mass is 32.2. The van der Waals surface area contributed by atoms with E-state index in [0.717, 1.165) is 5.56 Å². The van der Waals surface area contributed by atoms with Crippen LogP contribution in [0.15, 0.2) is 40.9 Å². The number of aliphatic carboxylic acids is 1. The molecule has 0 saturated carbocycles. The van der Waals surface area contributed by atoms with Gasteiger partial charge in [0, 0.05) is 4.91 Å². The van der Waals surface area contributed by atoms with E-state index < -0.39 is 18.0 Å². The van der Waals surface area contributed by atoms with Crippen molar-refractivity contribution in [3.8, 4) is 0 Å². The molecule has 2 N–H and O–H groups in total. The standard InChI is InChI=1S/C15H15NO4S/c1-8-12(15(19)20)16-13(18)11(14(16)21-8)10(17)7-9-5-3-2-4-6-9/h2-6,10-11,14,17H,7H2,1H3,(H,19,20)/t10?,11?,14-/m1/s1. The van der Waals surface area contributed by atoms with Gasteiger partial charge in [-0.05, 0) is 18.9 Å². The summed E-state index contributed by atoms with van der Waals surface area (Å²) in [7, 11) is 0. The van der Waals surface area contributed by atoms with E-state index in [-0.39, 0.29) is 17.0 Å². The molecular formula is C15H15NO4S. The molecule has 0 radical (unpaired) electrons. The molecule has 3 rings (SSSR count). The Morgan fingerprint density at radius 3 is 2.67 bits per heavy atom. The summed E-state index contributed by atoms with van der Waals surface area (Å²) in [5, 5.41) is 19.2. The van der Waals surface area contributed by atoms with E-state index in [2.05, 4.69) is 0 Å². The smallest absolute Gasteiger partial charge is 0.353 e.